The molecule has 0 amide bonds. The number of hydrogen-bond donors (Lipinski definition) is 2. The minimum atomic E-state index is -0.962. The third kappa shape index (κ3) is 2.76. The van der Waals surface area contributed by atoms with E-state index in [9.17, 15) is 9.90 Å². The van der Waals surface area contributed by atoms with Crippen LogP contribution in [-0.2, 0) is 4.79 Å². The molecule has 0 aromatic rings. The van der Waals surface area contributed by atoms with Gasteiger partial charge in [-0.05, 0) is 26.4 Å². The molecule has 0 aromatic carbocycles. The molecular formula is C9H18N2O2. The van der Waals surface area contributed by atoms with Gasteiger partial charge in [0, 0.05) is 19.0 Å². The van der Waals surface area contributed by atoms with Crippen molar-refractivity contribution in [2.45, 2.75) is 18.9 Å². The molecule has 1 aliphatic rings. The average molecular weight is 186 g/mol. The maximum absolute atomic E-state index is 11.5. The number of rotatable bonds is 3. The van der Waals surface area contributed by atoms with Crippen LogP contribution in [0.1, 0.15) is 12.8 Å². The summed E-state index contributed by atoms with van der Waals surface area (Å²) in [4.78, 5) is 13.6. The Balaban J connectivity index is 2.46. The first-order valence-corrected chi connectivity index (χ1v) is 4.75. The smallest absolute Gasteiger partial charge is 0.166 e. The molecule has 1 fully saturated rings. The molecule has 2 unspecified atom stereocenters. The van der Waals surface area contributed by atoms with Crippen LogP contribution in [0.25, 0.3) is 0 Å². The maximum atomic E-state index is 11.5. The summed E-state index contributed by atoms with van der Waals surface area (Å²) in [5, 5.41) is 9.27. The number of Topliss-reactive ketones (excluding diaryl/α,β-unsaturated/α-hetero) is 1. The molecule has 3 N–H and O–H groups in total. The Morgan fingerprint density at radius 2 is 2.46 bits per heavy atom. The van der Waals surface area contributed by atoms with Gasteiger partial charge in [-0.15, -0.1) is 0 Å². The molecule has 0 aliphatic carbocycles. The number of carbonyl (C=O) groups is 1. The van der Waals surface area contributed by atoms with Crippen molar-refractivity contribution in [1.29, 1.82) is 0 Å². The first-order valence-electron chi connectivity index (χ1n) is 4.75. The van der Waals surface area contributed by atoms with E-state index in [0.717, 1.165) is 25.9 Å². The molecule has 1 rings (SSSR count). The van der Waals surface area contributed by atoms with Crippen molar-refractivity contribution < 1.29 is 9.90 Å². The molecule has 1 heterocycles. The van der Waals surface area contributed by atoms with E-state index in [1.165, 1.54) is 0 Å². The zero-order chi connectivity index (χ0) is 9.84. The fourth-order valence-electron chi connectivity index (χ4n) is 1.79. The van der Waals surface area contributed by atoms with Gasteiger partial charge in [-0.1, -0.05) is 0 Å². The van der Waals surface area contributed by atoms with E-state index in [1.807, 2.05) is 7.05 Å². The van der Waals surface area contributed by atoms with Crippen LogP contribution in [0.2, 0.25) is 0 Å². The fraction of sp³-hybridized carbons (Fsp3) is 0.889. The molecule has 1 aliphatic heterocycles. The summed E-state index contributed by atoms with van der Waals surface area (Å²) in [6.07, 6.45) is 0.959. The lowest BCUT2D eigenvalue weighted by atomic mass is 9.91. The minimum absolute atomic E-state index is 0.0164. The second-order valence-electron chi connectivity index (χ2n) is 3.76. The van der Waals surface area contributed by atoms with E-state index in [2.05, 4.69) is 4.90 Å². The summed E-state index contributed by atoms with van der Waals surface area (Å²) in [6, 6.07) is 0. The van der Waals surface area contributed by atoms with Crippen LogP contribution in [0.3, 0.4) is 0 Å². The lowest BCUT2D eigenvalue weighted by Crippen LogP contribution is -2.42. The highest BCUT2D eigenvalue weighted by atomic mass is 16.3. The van der Waals surface area contributed by atoms with Gasteiger partial charge in [0.15, 0.2) is 5.78 Å². The van der Waals surface area contributed by atoms with Gasteiger partial charge in [-0.25, -0.2) is 0 Å². The van der Waals surface area contributed by atoms with Crippen molar-refractivity contribution in [2.75, 3.05) is 26.7 Å². The number of likely N-dealkylation sites (tertiary alicyclic amines) is 1. The first kappa shape index (κ1) is 10.6. The Morgan fingerprint density at radius 3 is 3.00 bits per heavy atom. The molecule has 13 heavy (non-hydrogen) atoms. The Morgan fingerprint density at radius 1 is 1.77 bits per heavy atom. The maximum Gasteiger partial charge on any atom is 0.166 e. The van der Waals surface area contributed by atoms with Gasteiger partial charge in [0.2, 0.25) is 0 Å². The lowest BCUT2D eigenvalue weighted by molar-refractivity contribution is -0.132. The van der Waals surface area contributed by atoms with Gasteiger partial charge in [-0.2, -0.15) is 0 Å². The summed E-state index contributed by atoms with van der Waals surface area (Å²) >= 11 is 0. The molecule has 0 radical (unpaired) electrons. The summed E-state index contributed by atoms with van der Waals surface area (Å²) < 4.78 is 0. The van der Waals surface area contributed by atoms with Crippen LogP contribution in [0.4, 0.5) is 0 Å². The van der Waals surface area contributed by atoms with Gasteiger partial charge in [0.05, 0.1) is 0 Å². The molecule has 76 valence electrons. The fourth-order valence-corrected chi connectivity index (χ4v) is 1.79. The van der Waals surface area contributed by atoms with E-state index in [-0.39, 0.29) is 18.2 Å². The molecule has 4 nitrogen and oxygen atoms in total. The molecule has 1 saturated heterocycles. The van der Waals surface area contributed by atoms with E-state index in [1.54, 1.807) is 0 Å². The van der Waals surface area contributed by atoms with Crippen molar-refractivity contribution in [3.8, 4) is 0 Å². The van der Waals surface area contributed by atoms with Crippen molar-refractivity contribution in [3.05, 3.63) is 0 Å². The number of ketones is 1. The van der Waals surface area contributed by atoms with Crippen LogP contribution >= 0.6 is 0 Å². The highest BCUT2D eigenvalue weighted by molar-refractivity contribution is 5.85. The number of nitrogens with two attached hydrogens (primary N) is 1. The number of aliphatic hydroxyl groups is 1. The Bertz CT molecular complexity index is 184. The highest BCUT2D eigenvalue weighted by Crippen LogP contribution is 2.16. The number of piperidine rings is 1. The minimum Gasteiger partial charge on any atom is -0.384 e. The summed E-state index contributed by atoms with van der Waals surface area (Å²) in [6.45, 7) is 1.84. The summed E-state index contributed by atoms with van der Waals surface area (Å²) in [5.41, 5.74) is 5.23. The number of aliphatic hydroxyl groups excluding tert-OH is 1. The largest absolute Gasteiger partial charge is 0.384 e. The standard InChI is InChI=1S/C9H18N2O2/c1-11-4-2-3-7(6-11)9(13)8(12)5-10/h7-8,12H,2-6,10H2,1H3. The topological polar surface area (TPSA) is 66.6 Å². The van der Waals surface area contributed by atoms with Gasteiger partial charge in [-0.3, -0.25) is 4.79 Å². The zero-order valence-electron chi connectivity index (χ0n) is 8.07. The quantitative estimate of drug-likeness (QED) is 0.606. The molecular weight excluding hydrogens is 168 g/mol. The molecule has 0 saturated carbocycles. The molecule has 0 bridgehead atoms. The Labute approximate surface area is 78.7 Å². The lowest BCUT2D eigenvalue weighted by Gasteiger charge is -2.29. The van der Waals surface area contributed by atoms with Gasteiger partial charge in [0.1, 0.15) is 6.10 Å². The predicted molar refractivity (Wildman–Crippen MR) is 50.3 cm³/mol. The van der Waals surface area contributed by atoms with Crippen LogP contribution in [0, 0.1) is 5.92 Å². The van der Waals surface area contributed by atoms with Gasteiger partial charge < -0.3 is 15.7 Å². The number of nitrogens with zero attached hydrogens (tertiary/aromatic N) is 1. The zero-order valence-corrected chi connectivity index (χ0v) is 8.07. The first-order chi connectivity index (χ1) is 6.15. The Hall–Kier alpha value is -0.450. The third-order valence-corrected chi connectivity index (χ3v) is 2.58. The highest BCUT2D eigenvalue weighted by Gasteiger charge is 2.27. The molecule has 0 spiro atoms. The van der Waals surface area contributed by atoms with E-state index in [0.29, 0.717) is 0 Å². The molecule has 0 aromatic heterocycles. The Kier molecular flexibility index (Phi) is 3.84. The predicted octanol–water partition coefficient (Wildman–Crippen LogP) is -0.783. The van der Waals surface area contributed by atoms with Gasteiger partial charge in [0.25, 0.3) is 0 Å². The number of carbonyl (C=O) groups excluding carboxylic acids is 1. The summed E-state index contributed by atoms with van der Waals surface area (Å²) in [5.74, 6) is -0.105. The normalized spacial score (nSPS) is 27.2. The molecule has 4 heteroatoms. The van der Waals surface area contributed by atoms with Crippen molar-refractivity contribution in [3.63, 3.8) is 0 Å². The van der Waals surface area contributed by atoms with Crippen molar-refractivity contribution in [1.82, 2.24) is 4.90 Å². The number of hydrogen-bond acceptors (Lipinski definition) is 4. The average Bonchev–Trinajstić information content (AvgIpc) is 2.15. The van der Waals surface area contributed by atoms with E-state index in [4.69, 9.17) is 5.73 Å². The van der Waals surface area contributed by atoms with Crippen LogP contribution in [0.15, 0.2) is 0 Å². The monoisotopic (exact) mass is 186 g/mol. The van der Waals surface area contributed by atoms with E-state index >= 15 is 0 Å². The third-order valence-electron chi connectivity index (χ3n) is 2.58. The van der Waals surface area contributed by atoms with Gasteiger partial charge >= 0.3 is 0 Å². The van der Waals surface area contributed by atoms with E-state index < -0.39 is 6.10 Å². The van der Waals surface area contributed by atoms with Crippen molar-refractivity contribution >= 4 is 5.78 Å². The molecule has 2 atom stereocenters. The SMILES string of the molecule is CN1CCCC(C(=O)C(O)CN)C1. The summed E-state index contributed by atoms with van der Waals surface area (Å²) in [7, 11) is 1.99. The van der Waals surface area contributed by atoms with Crippen LogP contribution in [0.5, 0.6) is 0 Å². The van der Waals surface area contributed by atoms with Crippen molar-refractivity contribution in [2.24, 2.45) is 11.7 Å². The second kappa shape index (κ2) is 4.69. The second-order valence-corrected chi connectivity index (χ2v) is 3.76. The van der Waals surface area contributed by atoms with Crippen LogP contribution in [-0.4, -0.2) is 48.6 Å². The van der Waals surface area contributed by atoms with Crippen LogP contribution < -0.4 is 5.73 Å².